The van der Waals surface area contributed by atoms with Gasteiger partial charge in [0.2, 0.25) is 0 Å². The lowest BCUT2D eigenvalue weighted by atomic mass is 9.84. The van der Waals surface area contributed by atoms with E-state index in [1.807, 2.05) is 19.1 Å². The molecule has 1 aromatic carbocycles. The lowest BCUT2D eigenvalue weighted by Gasteiger charge is -2.39. The monoisotopic (exact) mass is 276 g/mol. The summed E-state index contributed by atoms with van der Waals surface area (Å²) in [4.78, 5) is 2.50. The van der Waals surface area contributed by atoms with Gasteiger partial charge in [-0.05, 0) is 49.4 Å². The second kappa shape index (κ2) is 6.59. The van der Waals surface area contributed by atoms with Crippen LogP contribution in [0.25, 0.3) is 0 Å². The first kappa shape index (κ1) is 15.3. The molecule has 1 fully saturated rings. The van der Waals surface area contributed by atoms with Crippen LogP contribution in [0, 0.1) is 5.41 Å². The Balaban J connectivity index is 1.92. The van der Waals surface area contributed by atoms with Gasteiger partial charge in [0.25, 0.3) is 0 Å². The second-order valence-corrected chi connectivity index (χ2v) is 6.61. The molecular formula is C17H28N2O. The molecule has 1 aromatic rings. The molecule has 1 aliphatic heterocycles. The zero-order chi connectivity index (χ0) is 14.6. The van der Waals surface area contributed by atoms with Gasteiger partial charge in [-0.15, -0.1) is 0 Å². The Bertz CT molecular complexity index is 414. The number of benzene rings is 1. The van der Waals surface area contributed by atoms with Crippen molar-refractivity contribution in [1.29, 1.82) is 0 Å². The van der Waals surface area contributed by atoms with Gasteiger partial charge in [0.1, 0.15) is 5.75 Å². The smallest absolute Gasteiger partial charge is 0.119 e. The van der Waals surface area contributed by atoms with Crippen LogP contribution in [0.5, 0.6) is 5.75 Å². The van der Waals surface area contributed by atoms with Gasteiger partial charge in [0.05, 0.1) is 6.61 Å². The van der Waals surface area contributed by atoms with E-state index in [1.54, 1.807) is 0 Å². The summed E-state index contributed by atoms with van der Waals surface area (Å²) in [7, 11) is 0. The lowest BCUT2D eigenvalue weighted by molar-refractivity contribution is 0.112. The van der Waals surface area contributed by atoms with Gasteiger partial charge < -0.3 is 15.4 Å². The van der Waals surface area contributed by atoms with Gasteiger partial charge in [-0.1, -0.05) is 26.0 Å². The quantitative estimate of drug-likeness (QED) is 0.897. The fraction of sp³-hybridized carbons (Fsp3) is 0.647. The first-order chi connectivity index (χ1) is 9.50. The molecule has 3 nitrogen and oxygen atoms in total. The Morgan fingerprint density at radius 2 is 2.00 bits per heavy atom. The maximum absolute atomic E-state index is 6.36. The molecule has 2 N–H and O–H groups in total. The number of ether oxygens (including phenoxy) is 1. The summed E-state index contributed by atoms with van der Waals surface area (Å²) in [5.41, 5.74) is 7.97. The number of hydrogen-bond acceptors (Lipinski definition) is 3. The number of hydrogen-bond donors (Lipinski definition) is 1. The predicted octanol–water partition coefficient (Wildman–Crippen LogP) is 3.21. The molecular weight excluding hydrogens is 248 g/mol. The lowest BCUT2D eigenvalue weighted by Crippen LogP contribution is -2.43. The van der Waals surface area contributed by atoms with Gasteiger partial charge in [-0.2, -0.15) is 0 Å². The van der Waals surface area contributed by atoms with Gasteiger partial charge in [0, 0.05) is 19.1 Å². The number of nitrogens with zero attached hydrogens (tertiary/aromatic N) is 1. The van der Waals surface area contributed by atoms with E-state index in [9.17, 15) is 0 Å². The Hall–Kier alpha value is -1.06. The van der Waals surface area contributed by atoms with Crippen LogP contribution >= 0.6 is 0 Å². The van der Waals surface area contributed by atoms with Crippen molar-refractivity contribution >= 4 is 0 Å². The van der Waals surface area contributed by atoms with Gasteiger partial charge in [0.15, 0.2) is 0 Å². The largest absolute Gasteiger partial charge is 0.494 e. The zero-order valence-corrected chi connectivity index (χ0v) is 13.1. The average molecular weight is 276 g/mol. The van der Waals surface area contributed by atoms with Crippen molar-refractivity contribution in [3.63, 3.8) is 0 Å². The second-order valence-electron chi connectivity index (χ2n) is 6.61. The Morgan fingerprint density at radius 3 is 2.60 bits per heavy atom. The molecule has 3 heteroatoms. The molecule has 1 atom stereocenters. The van der Waals surface area contributed by atoms with E-state index in [-0.39, 0.29) is 6.04 Å². The van der Waals surface area contributed by atoms with Crippen molar-refractivity contribution in [2.45, 2.75) is 39.7 Å². The van der Waals surface area contributed by atoms with E-state index in [1.165, 1.54) is 24.9 Å². The highest BCUT2D eigenvalue weighted by Crippen LogP contribution is 2.29. The van der Waals surface area contributed by atoms with E-state index >= 15 is 0 Å². The normalized spacial score (nSPS) is 20.6. The van der Waals surface area contributed by atoms with Crippen LogP contribution in [0.1, 0.15) is 45.2 Å². The number of piperidine rings is 1. The molecule has 0 saturated carbocycles. The minimum atomic E-state index is 0.0829. The molecule has 20 heavy (non-hydrogen) atoms. The van der Waals surface area contributed by atoms with Crippen molar-refractivity contribution in [3.05, 3.63) is 29.8 Å². The van der Waals surface area contributed by atoms with Gasteiger partial charge in [-0.25, -0.2) is 0 Å². The van der Waals surface area contributed by atoms with Crippen molar-refractivity contribution in [2.75, 3.05) is 26.2 Å². The van der Waals surface area contributed by atoms with Crippen molar-refractivity contribution < 1.29 is 4.74 Å². The summed E-state index contributed by atoms with van der Waals surface area (Å²) < 4.78 is 5.47. The molecule has 112 valence electrons. The third-order valence-electron chi connectivity index (χ3n) is 4.05. The number of nitrogens with two attached hydrogens (primary N) is 1. The van der Waals surface area contributed by atoms with Crippen LogP contribution in [-0.4, -0.2) is 31.1 Å². The minimum Gasteiger partial charge on any atom is -0.494 e. The zero-order valence-electron chi connectivity index (χ0n) is 13.1. The summed E-state index contributed by atoms with van der Waals surface area (Å²) in [6.45, 7) is 10.7. The molecule has 0 aromatic heterocycles. The molecule has 0 aliphatic carbocycles. The van der Waals surface area contributed by atoms with Crippen LogP contribution in [0.4, 0.5) is 0 Å². The highest BCUT2D eigenvalue weighted by molar-refractivity contribution is 5.29. The minimum absolute atomic E-state index is 0.0829. The molecule has 0 amide bonds. The third-order valence-corrected chi connectivity index (χ3v) is 4.05. The first-order valence-corrected chi connectivity index (χ1v) is 7.71. The molecule has 0 bridgehead atoms. The Morgan fingerprint density at radius 1 is 1.30 bits per heavy atom. The van der Waals surface area contributed by atoms with Gasteiger partial charge >= 0.3 is 0 Å². The fourth-order valence-electron chi connectivity index (χ4n) is 3.06. The first-order valence-electron chi connectivity index (χ1n) is 7.71. The fourth-order valence-corrected chi connectivity index (χ4v) is 3.06. The van der Waals surface area contributed by atoms with E-state index in [0.717, 1.165) is 18.8 Å². The van der Waals surface area contributed by atoms with Crippen LogP contribution in [0.3, 0.4) is 0 Å². The van der Waals surface area contributed by atoms with E-state index < -0.39 is 0 Å². The van der Waals surface area contributed by atoms with E-state index in [2.05, 4.69) is 30.9 Å². The summed E-state index contributed by atoms with van der Waals surface area (Å²) in [6, 6.07) is 8.28. The molecule has 1 unspecified atom stereocenters. The topological polar surface area (TPSA) is 38.5 Å². The van der Waals surface area contributed by atoms with Gasteiger partial charge in [-0.3, -0.25) is 0 Å². The Labute approximate surface area is 123 Å². The molecule has 1 saturated heterocycles. The van der Waals surface area contributed by atoms with E-state index in [0.29, 0.717) is 12.0 Å². The summed E-state index contributed by atoms with van der Waals surface area (Å²) in [6.07, 6.45) is 2.60. The molecule has 0 radical (unpaired) electrons. The van der Waals surface area contributed by atoms with Crippen LogP contribution in [-0.2, 0) is 0 Å². The molecule has 1 heterocycles. The molecule has 1 aliphatic rings. The molecule has 2 rings (SSSR count). The van der Waals surface area contributed by atoms with Crippen molar-refractivity contribution in [1.82, 2.24) is 4.90 Å². The number of likely N-dealkylation sites (tertiary alicyclic amines) is 1. The van der Waals surface area contributed by atoms with E-state index in [4.69, 9.17) is 10.5 Å². The summed E-state index contributed by atoms with van der Waals surface area (Å²) >= 11 is 0. The summed E-state index contributed by atoms with van der Waals surface area (Å²) in [5, 5.41) is 0. The molecule has 0 spiro atoms. The van der Waals surface area contributed by atoms with Crippen LogP contribution < -0.4 is 10.5 Å². The average Bonchev–Trinajstić information content (AvgIpc) is 2.38. The highest BCUT2D eigenvalue weighted by Gasteiger charge is 2.27. The van der Waals surface area contributed by atoms with Crippen LogP contribution in [0.2, 0.25) is 0 Å². The maximum Gasteiger partial charge on any atom is 0.119 e. The third kappa shape index (κ3) is 4.22. The Kier molecular flexibility index (Phi) is 5.06. The standard InChI is InChI=1S/C17H28N2O/c1-4-20-15-8-6-14(7-9-15)16(18)12-19-11-5-10-17(2,3)13-19/h6-9,16H,4-5,10-13,18H2,1-3H3. The highest BCUT2D eigenvalue weighted by atomic mass is 16.5. The van der Waals surface area contributed by atoms with Crippen LogP contribution in [0.15, 0.2) is 24.3 Å². The van der Waals surface area contributed by atoms with Crippen molar-refractivity contribution in [2.24, 2.45) is 11.1 Å². The SMILES string of the molecule is CCOc1ccc(C(N)CN2CCCC(C)(C)C2)cc1. The number of rotatable bonds is 5. The predicted molar refractivity (Wildman–Crippen MR) is 84.0 cm³/mol. The maximum atomic E-state index is 6.36. The van der Waals surface area contributed by atoms with Crippen molar-refractivity contribution in [3.8, 4) is 5.75 Å². The summed E-state index contributed by atoms with van der Waals surface area (Å²) in [5.74, 6) is 0.919.